The van der Waals surface area contributed by atoms with E-state index in [2.05, 4.69) is 19.2 Å². The van der Waals surface area contributed by atoms with Crippen molar-refractivity contribution in [3.63, 3.8) is 0 Å². The molecule has 3 nitrogen and oxygen atoms in total. The molecule has 0 aromatic heterocycles. The third-order valence-corrected chi connectivity index (χ3v) is 3.24. The van der Waals surface area contributed by atoms with Gasteiger partial charge in [0, 0.05) is 23.4 Å². The summed E-state index contributed by atoms with van der Waals surface area (Å²) < 4.78 is 5.35. The van der Waals surface area contributed by atoms with Crippen molar-refractivity contribution in [3.8, 4) is 5.75 Å². The molecule has 1 amide bonds. The maximum Gasteiger partial charge on any atom is 0.221 e. The van der Waals surface area contributed by atoms with Gasteiger partial charge >= 0.3 is 0 Å². The zero-order valence-electron chi connectivity index (χ0n) is 9.91. The second kappa shape index (κ2) is 3.81. The second-order valence-electron chi connectivity index (χ2n) is 4.77. The summed E-state index contributed by atoms with van der Waals surface area (Å²) in [6, 6.07) is 7.90. The molecule has 2 rings (SSSR count). The lowest BCUT2D eigenvalue weighted by Gasteiger charge is -2.27. The average Bonchev–Trinajstić information content (AvgIpc) is 2.51. The first-order valence-corrected chi connectivity index (χ1v) is 5.48. The normalized spacial score (nSPS) is 22.9. The highest BCUT2D eigenvalue weighted by Gasteiger charge is 2.40. The van der Waals surface area contributed by atoms with Crippen LogP contribution in [0.15, 0.2) is 24.3 Å². The molecule has 1 atom stereocenters. The number of hydrogen-bond donors (Lipinski definition) is 1. The van der Waals surface area contributed by atoms with E-state index in [1.54, 1.807) is 7.11 Å². The Morgan fingerprint density at radius 2 is 2.06 bits per heavy atom. The molecule has 0 saturated carbocycles. The van der Waals surface area contributed by atoms with E-state index < -0.39 is 0 Å². The quantitative estimate of drug-likeness (QED) is 0.827. The van der Waals surface area contributed by atoms with Gasteiger partial charge < -0.3 is 10.1 Å². The fourth-order valence-electron chi connectivity index (χ4n) is 2.39. The van der Waals surface area contributed by atoms with Gasteiger partial charge in [-0.2, -0.15) is 0 Å². The molecule has 86 valence electrons. The molecule has 1 N–H and O–H groups in total. The van der Waals surface area contributed by atoms with Crippen molar-refractivity contribution in [2.45, 2.75) is 31.7 Å². The van der Waals surface area contributed by atoms with Gasteiger partial charge in [0.2, 0.25) is 5.91 Å². The van der Waals surface area contributed by atoms with Gasteiger partial charge in [-0.15, -0.1) is 0 Å². The van der Waals surface area contributed by atoms with E-state index in [0.29, 0.717) is 6.42 Å². The number of benzene rings is 1. The molecule has 0 bridgehead atoms. The lowest BCUT2D eigenvalue weighted by molar-refractivity contribution is -0.119. The number of nitrogens with one attached hydrogen (secondary N) is 1. The molecule has 1 aromatic rings. The first kappa shape index (κ1) is 11.0. The summed E-state index contributed by atoms with van der Waals surface area (Å²) >= 11 is 0. The van der Waals surface area contributed by atoms with Crippen molar-refractivity contribution >= 4 is 5.91 Å². The van der Waals surface area contributed by atoms with Gasteiger partial charge in [-0.05, 0) is 19.9 Å². The van der Waals surface area contributed by atoms with Gasteiger partial charge in [-0.1, -0.05) is 18.2 Å². The van der Waals surface area contributed by atoms with Crippen molar-refractivity contribution in [2.75, 3.05) is 7.11 Å². The molecule has 0 spiro atoms. The van der Waals surface area contributed by atoms with Crippen molar-refractivity contribution < 1.29 is 9.53 Å². The molecular weight excluding hydrogens is 202 g/mol. The van der Waals surface area contributed by atoms with Gasteiger partial charge in [0.15, 0.2) is 0 Å². The first-order valence-electron chi connectivity index (χ1n) is 5.48. The summed E-state index contributed by atoms with van der Waals surface area (Å²) in [6.45, 7) is 4.10. The van der Waals surface area contributed by atoms with Crippen LogP contribution in [0.25, 0.3) is 0 Å². The van der Waals surface area contributed by atoms with Gasteiger partial charge in [-0.3, -0.25) is 4.79 Å². The van der Waals surface area contributed by atoms with Crippen molar-refractivity contribution in [1.29, 1.82) is 0 Å². The maximum atomic E-state index is 11.5. The third-order valence-electron chi connectivity index (χ3n) is 3.24. The molecule has 0 radical (unpaired) electrons. The van der Waals surface area contributed by atoms with Crippen LogP contribution in [0, 0.1) is 0 Å². The van der Waals surface area contributed by atoms with Crippen LogP contribution in [-0.4, -0.2) is 18.6 Å². The minimum atomic E-state index is -0.203. The van der Waals surface area contributed by atoms with E-state index in [0.717, 1.165) is 11.3 Å². The van der Waals surface area contributed by atoms with Crippen molar-refractivity contribution in [2.24, 2.45) is 0 Å². The van der Waals surface area contributed by atoms with E-state index in [1.807, 2.05) is 24.3 Å². The van der Waals surface area contributed by atoms with Crippen LogP contribution < -0.4 is 10.1 Å². The first-order chi connectivity index (χ1) is 7.54. The van der Waals surface area contributed by atoms with Crippen LogP contribution in [0.4, 0.5) is 0 Å². The van der Waals surface area contributed by atoms with Gasteiger partial charge in [0.1, 0.15) is 5.75 Å². The topological polar surface area (TPSA) is 38.3 Å². The maximum absolute atomic E-state index is 11.5. The van der Waals surface area contributed by atoms with Crippen LogP contribution in [-0.2, 0) is 4.79 Å². The minimum Gasteiger partial charge on any atom is -0.496 e. The van der Waals surface area contributed by atoms with Gasteiger partial charge in [-0.25, -0.2) is 0 Å². The molecule has 16 heavy (non-hydrogen) atoms. The van der Waals surface area contributed by atoms with E-state index >= 15 is 0 Å². The van der Waals surface area contributed by atoms with E-state index in [9.17, 15) is 4.79 Å². The molecule has 1 aliphatic heterocycles. The number of amides is 1. The molecule has 1 saturated heterocycles. The SMILES string of the molecule is COc1ccccc1C1CC(=O)NC1(C)C. The fraction of sp³-hybridized carbons (Fsp3) is 0.462. The minimum absolute atomic E-state index is 0.112. The molecule has 3 heteroatoms. The number of carbonyl (C=O) groups excluding carboxylic acids is 1. The smallest absolute Gasteiger partial charge is 0.221 e. The molecule has 1 fully saturated rings. The lowest BCUT2D eigenvalue weighted by atomic mass is 9.83. The van der Waals surface area contributed by atoms with Crippen LogP contribution in [0.1, 0.15) is 31.7 Å². The zero-order valence-corrected chi connectivity index (χ0v) is 9.91. The highest BCUT2D eigenvalue weighted by molar-refractivity contribution is 5.81. The predicted octanol–water partition coefficient (Wildman–Crippen LogP) is 2.08. The number of hydrogen-bond acceptors (Lipinski definition) is 2. The van der Waals surface area contributed by atoms with E-state index in [4.69, 9.17) is 4.74 Å². The lowest BCUT2D eigenvalue weighted by Crippen LogP contribution is -2.38. The highest BCUT2D eigenvalue weighted by Crippen LogP contribution is 2.39. The third kappa shape index (κ3) is 1.77. The molecule has 1 aromatic carbocycles. The van der Waals surface area contributed by atoms with E-state index in [1.165, 1.54) is 0 Å². The van der Waals surface area contributed by atoms with Gasteiger partial charge in [0.05, 0.1) is 7.11 Å². The molecule has 1 unspecified atom stereocenters. The summed E-state index contributed by atoms with van der Waals surface area (Å²) in [5.41, 5.74) is 0.902. The number of carbonyl (C=O) groups is 1. The van der Waals surface area contributed by atoms with Crippen LogP contribution >= 0.6 is 0 Å². The predicted molar refractivity (Wildman–Crippen MR) is 62.6 cm³/mol. The summed E-state index contributed by atoms with van der Waals surface area (Å²) in [4.78, 5) is 11.5. The fourth-order valence-corrected chi connectivity index (χ4v) is 2.39. The van der Waals surface area contributed by atoms with Crippen LogP contribution in [0.5, 0.6) is 5.75 Å². The Bertz CT molecular complexity index is 412. The summed E-state index contributed by atoms with van der Waals surface area (Å²) in [5.74, 6) is 1.15. The number of para-hydroxylation sites is 1. The Kier molecular flexibility index (Phi) is 2.62. The Hall–Kier alpha value is -1.51. The molecule has 0 aliphatic carbocycles. The van der Waals surface area contributed by atoms with Crippen molar-refractivity contribution in [1.82, 2.24) is 5.32 Å². The average molecular weight is 219 g/mol. The standard InChI is InChI=1S/C13H17NO2/c1-13(2)10(8-12(15)14-13)9-6-4-5-7-11(9)16-3/h4-7,10H,8H2,1-3H3,(H,14,15). The van der Waals surface area contributed by atoms with Crippen LogP contribution in [0.3, 0.4) is 0 Å². The number of ether oxygens (including phenoxy) is 1. The Morgan fingerprint density at radius 3 is 2.62 bits per heavy atom. The Labute approximate surface area is 95.8 Å². The summed E-state index contributed by atoms with van der Waals surface area (Å²) in [5, 5.41) is 3.00. The molecule has 1 heterocycles. The largest absolute Gasteiger partial charge is 0.496 e. The zero-order chi connectivity index (χ0) is 11.8. The Morgan fingerprint density at radius 1 is 1.38 bits per heavy atom. The second-order valence-corrected chi connectivity index (χ2v) is 4.77. The molecular formula is C13H17NO2. The number of methoxy groups -OCH3 is 1. The summed E-state index contributed by atoms with van der Waals surface area (Å²) in [7, 11) is 1.66. The highest BCUT2D eigenvalue weighted by atomic mass is 16.5. The summed E-state index contributed by atoms with van der Waals surface area (Å²) in [6.07, 6.45) is 0.535. The Balaban J connectivity index is 2.40. The number of rotatable bonds is 2. The van der Waals surface area contributed by atoms with E-state index in [-0.39, 0.29) is 17.4 Å². The van der Waals surface area contributed by atoms with Crippen molar-refractivity contribution in [3.05, 3.63) is 29.8 Å². The monoisotopic (exact) mass is 219 g/mol. The molecule has 1 aliphatic rings. The van der Waals surface area contributed by atoms with Crippen LogP contribution in [0.2, 0.25) is 0 Å². The van der Waals surface area contributed by atoms with Gasteiger partial charge in [0.25, 0.3) is 0 Å².